The summed E-state index contributed by atoms with van der Waals surface area (Å²) in [5, 5.41) is 2.83. The van der Waals surface area contributed by atoms with Crippen molar-refractivity contribution in [3.63, 3.8) is 0 Å². The molecule has 4 amide bonds. The highest BCUT2D eigenvalue weighted by Crippen LogP contribution is 2.33. The Morgan fingerprint density at radius 3 is 2.39 bits per heavy atom. The van der Waals surface area contributed by atoms with Crippen molar-refractivity contribution in [3.8, 4) is 0 Å². The molecule has 0 aromatic carbocycles. The lowest BCUT2D eigenvalue weighted by atomic mass is 9.83. The quantitative estimate of drug-likeness (QED) is 0.597. The fourth-order valence-corrected chi connectivity index (χ4v) is 5.26. The molecular formula is C22H34N4O5. The average Bonchev–Trinajstić information content (AvgIpc) is 3.31. The second kappa shape index (κ2) is 9.78. The molecule has 172 valence electrons. The van der Waals surface area contributed by atoms with Gasteiger partial charge in [-0.05, 0) is 31.6 Å². The largest absolute Gasteiger partial charge is 0.369 e. The monoisotopic (exact) mass is 434 g/mol. The standard InChI is InChI=1S/C22H34N4O5/c1-13(21(23)30)8-9-18(29)25-11-10-16-20(25)17(28)12-26(16)22(31)19(24-14(2)27)15-6-4-3-5-7-15/h13,15-16,19-20H,3-12H2,1-2H3,(H2,23,30)(H,24,27). The zero-order chi connectivity index (χ0) is 22.7. The van der Waals surface area contributed by atoms with Crippen LogP contribution in [-0.2, 0) is 24.0 Å². The lowest BCUT2D eigenvalue weighted by molar-refractivity contribution is -0.139. The van der Waals surface area contributed by atoms with Gasteiger partial charge in [-0.1, -0.05) is 26.2 Å². The molecule has 3 rings (SSSR count). The highest BCUT2D eigenvalue weighted by Gasteiger charge is 2.52. The predicted octanol–water partition coefficient (Wildman–Crippen LogP) is 0.354. The van der Waals surface area contributed by atoms with E-state index in [2.05, 4.69) is 5.32 Å². The van der Waals surface area contributed by atoms with Gasteiger partial charge in [0.05, 0.1) is 12.6 Å². The summed E-state index contributed by atoms with van der Waals surface area (Å²) in [5.74, 6) is -1.57. The van der Waals surface area contributed by atoms with Crippen molar-refractivity contribution in [2.45, 2.75) is 83.3 Å². The molecule has 0 bridgehead atoms. The molecule has 1 aliphatic carbocycles. The lowest BCUT2D eigenvalue weighted by Gasteiger charge is -2.34. The van der Waals surface area contributed by atoms with Gasteiger partial charge in [0.1, 0.15) is 12.1 Å². The van der Waals surface area contributed by atoms with Crippen molar-refractivity contribution in [1.29, 1.82) is 0 Å². The van der Waals surface area contributed by atoms with Gasteiger partial charge in [0.15, 0.2) is 5.78 Å². The third kappa shape index (κ3) is 5.07. The number of hydrogen-bond acceptors (Lipinski definition) is 5. The first kappa shape index (κ1) is 23.2. The molecule has 2 saturated heterocycles. The van der Waals surface area contributed by atoms with Gasteiger partial charge in [0.25, 0.3) is 0 Å². The molecule has 4 atom stereocenters. The molecule has 3 N–H and O–H groups in total. The number of fused-ring (bicyclic) bond motifs is 1. The van der Waals surface area contributed by atoms with Crippen LogP contribution < -0.4 is 11.1 Å². The fraction of sp³-hybridized carbons (Fsp3) is 0.773. The second-order valence-corrected chi connectivity index (χ2v) is 9.24. The van der Waals surface area contributed by atoms with Crippen molar-refractivity contribution < 1.29 is 24.0 Å². The highest BCUT2D eigenvalue weighted by molar-refractivity contribution is 5.99. The first-order chi connectivity index (χ1) is 14.7. The van der Waals surface area contributed by atoms with Crippen LogP contribution in [0.25, 0.3) is 0 Å². The van der Waals surface area contributed by atoms with Gasteiger partial charge >= 0.3 is 0 Å². The smallest absolute Gasteiger partial charge is 0.246 e. The number of carbonyl (C=O) groups is 5. The van der Waals surface area contributed by atoms with Gasteiger partial charge in [-0.15, -0.1) is 0 Å². The number of ketones is 1. The second-order valence-electron chi connectivity index (χ2n) is 9.24. The maximum absolute atomic E-state index is 13.4. The Balaban J connectivity index is 1.69. The first-order valence-corrected chi connectivity index (χ1v) is 11.4. The number of amides is 4. The Morgan fingerprint density at radius 1 is 1.10 bits per heavy atom. The molecule has 0 aromatic rings. The van der Waals surface area contributed by atoms with E-state index in [-0.39, 0.29) is 48.4 Å². The van der Waals surface area contributed by atoms with Crippen LogP contribution in [0.4, 0.5) is 0 Å². The van der Waals surface area contributed by atoms with E-state index in [1.807, 2.05) is 0 Å². The van der Waals surface area contributed by atoms with E-state index < -0.39 is 23.9 Å². The van der Waals surface area contributed by atoms with Crippen LogP contribution >= 0.6 is 0 Å². The molecule has 2 heterocycles. The van der Waals surface area contributed by atoms with Crippen molar-refractivity contribution in [2.75, 3.05) is 13.1 Å². The van der Waals surface area contributed by atoms with Crippen molar-refractivity contribution in [1.82, 2.24) is 15.1 Å². The maximum atomic E-state index is 13.4. The van der Waals surface area contributed by atoms with E-state index in [9.17, 15) is 24.0 Å². The molecule has 0 spiro atoms. The van der Waals surface area contributed by atoms with E-state index in [0.717, 1.165) is 32.1 Å². The van der Waals surface area contributed by atoms with E-state index in [1.54, 1.807) is 16.7 Å². The Labute approximate surface area is 183 Å². The molecule has 31 heavy (non-hydrogen) atoms. The number of nitrogens with one attached hydrogen (secondary N) is 1. The molecule has 0 aromatic heterocycles. The van der Waals surface area contributed by atoms with Gasteiger partial charge in [-0.3, -0.25) is 24.0 Å². The Hall–Kier alpha value is -2.45. The molecule has 1 saturated carbocycles. The minimum Gasteiger partial charge on any atom is -0.369 e. The molecule has 2 aliphatic heterocycles. The molecule has 4 unspecified atom stereocenters. The number of nitrogens with two attached hydrogens (primary N) is 1. The SMILES string of the molecule is CC(=O)NC(C(=O)N1CC(=O)C2C1CCN2C(=O)CCC(C)C(N)=O)C1CCCCC1. The van der Waals surface area contributed by atoms with Gasteiger partial charge < -0.3 is 20.9 Å². The van der Waals surface area contributed by atoms with Gasteiger partial charge in [-0.2, -0.15) is 0 Å². The van der Waals surface area contributed by atoms with Gasteiger partial charge in [-0.25, -0.2) is 0 Å². The third-order valence-electron chi connectivity index (χ3n) is 7.05. The Morgan fingerprint density at radius 2 is 1.77 bits per heavy atom. The van der Waals surface area contributed by atoms with E-state index in [0.29, 0.717) is 19.4 Å². The van der Waals surface area contributed by atoms with Crippen LogP contribution in [0.2, 0.25) is 0 Å². The van der Waals surface area contributed by atoms with E-state index in [1.165, 1.54) is 6.92 Å². The van der Waals surface area contributed by atoms with Gasteiger partial charge in [0, 0.05) is 25.8 Å². The van der Waals surface area contributed by atoms with E-state index >= 15 is 0 Å². The van der Waals surface area contributed by atoms with Crippen molar-refractivity contribution in [2.24, 2.45) is 17.6 Å². The van der Waals surface area contributed by atoms with Crippen LogP contribution in [0.15, 0.2) is 0 Å². The first-order valence-electron chi connectivity index (χ1n) is 11.4. The Kier molecular flexibility index (Phi) is 7.33. The number of likely N-dealkylation sites (tertiary alicyclic amines) is 2. The minimum atomic E-state index is -0.635. The van der Waals surface area contributed by atoms with Crippen LogP contribution in [0.5, 0.6) is 0 Å². The normalized spacial score (nSPS) is 25.8. The van der Waals surface area contributed by atoms with Crippen LogP contribution in [0.1, 0.15) is 65.2 Å². The molecule has 3 aliphatic rings. The highest BCUT2D eigenvalue weighted by atomic mass is 16.2. The average molecular weight is 435 g/mol. The fourth-order valence-electron chi connectivity index (χ4n) is 5.26. The number of hydrogen-bond donors (Lipinski definition) is 2. The summed E-state index contributed by atoms with van der Waals surface area (Å²) >= 11 is 0. The molecular weight excluding hydrogens is 400 g/mol. The van der Waals surface area contributed by atoms with Crippen LogP contribution in [-0.4, -0.2) is 70.4 Å². The number of Topliss-reactive ketones (excluding diaryl/α,β-unsaturated/α-hetero) is 1. The summed E-state index contributed by atoms with van der Waals surface area (Å²) in [6.07, 6.45) is 5.99. The van der Waals surface area contributed by atoms with Gasteiger partial charge in [0.2, 0.25) is 23.6 Å². The lowest BCUT2D eigenvalue weighted by Crippen LogP contribution is -2.54. The predicted molar refractivity (Wildman–Crippen MR) is 112 cm³/mol. The molecule has 3 fully saturated rings. The summed E-state index contributed by atoms with van der Waals surface area (Å²) in [6.45, 7) is 3.46. The number of nitrogens with zero attached hydrogens (tertiary/aromatic N) is 2. The number of carbonyl (C=O) groups excluding carboxylic acids is 5. The summed E-state index contributed by atoms with van der Waals surface area (Å²) in [5.41, 5.74) is 5.27. The van der Waals surface area contributed by atoms with Crippen LogP contribution in [0.3, 0.4) is 0 Å². The summed E-state index contributed by atoms with van der Waals surface area (Å²) in [4.78, 5) is 65.1. The summed E-state index contributed by atoms with van der Waals surface area (Å²) < 4.78 is 0. The third-order valence-corrected chi connectivity index (χ3v) is 7.05. The van der Waals surface area contributed by atoms with E-state index in [4.69, 9.17) is 5.73 Å². The van der Waals surface area contributed by atoms with Crippen molar-refractivity contribution in [3.05, 3.63) is 0 Å². The summed E-state index contributed by atoms with van der Waals surface area (Å²) in [6, 6.07) is -1.60. The molecule has 9 heteroatoms. The minimum absolute atomic E-state index is 0.0293. The Bertz CT molecular complexity index is 748. The van der Waals surface area contributed by atoms with Crippen LogP contribution in [0, 0.1) is 11.8 Å². The topological polar surface area (TPSA) is 130 Å². The zero-order valence-electron chi connectivity index (χ0n) is 18.5. The molecule has 0 radical (unpaired) electrons. The number of rotatable bonds is 7. The van der Waals surface area contributed by atoms with Crippen molar-refractivity contribution >= 4 is 29.4 Å². The maximum Gasteiger partial charge on any atom is 0.246 e. The molecule has 9 nitrogen and oxygen atoms in total. The summed E-state index contributed by atoms with van der Waals surface area (Å²) in [7, 11) is 0. The zero-order valence-corrected chi connectivity index (χ0v) is 18.5. The number of primary amides is 1.